The van der Waals surface area contributed by atoms with Crippen LogP contribution < -0.4 is 0 Å². The largest absolute Gasteiger partial charge is 0.239 e. The Morgan fingerprint density at radius 1 is 0.647 bits per heavy atom. The van der Waals surface area contributed by atoms with Crippen LogP contribution in [-0.2, 0) is 19.7 Å². The molecule has 34 heavy (non-hydrogen) atoms. The first kappa shape index (κ1) is 23.9. The standard InChI is InChI=1S/C25H20N2O4S3/c28-33(29,22-12-6-2-7-13-22)25(34(30,31)23-14-8-3-9-15-23)19-27-24-17-16-21(18-26-24)32-20-10-4-1-5-11-20/h1-19,25H. The molecule has 3 aromatic carbocycles. The van der Waals surface area contributed by atoms with Gasteiger partial charge in [0.2, 0.25) is 24.3 Å². The summed E-state index contributed by atoms with van der Waals surface area (Å²) < 4.78 is 51.4. The number of aliphatic imine (C=N–C) groups is 1. The van der Waals surface area contributed by atoms with Crippen LogP contribution in [0.25, 0.3) is 0 Å². The van der Waals surface area contributed by atoms with Crippen LogP contribution in [0, 0.1) is 0 Å². The molecular formula is C25H20N2O4S3. The van der Waals surface area contributed by atoms with Gasteiger partial charge in [-0.15, -0.1) is 0 Å². The third-order valence-corrected chi connectivity index (χ3v) is 10.6. The average molecular weight is 509 g/mol. The lowest BCUT2D eigenvalue weighted by atomic mass is 10.4. The second-order valence-corrected chi connectivity index (χ2v) is 12.7. The highest BCUT2D eigenvalue weighted by Gasteiger charge is 2.38. The molecule has 0 aliphatic rings. The Labute approximate surface area is 203 Å². The van der Waals surface area contributed by atoms with Crippen molar-refractivity contribution in [2.75, 3.05) is 0 Å². The smallest absolute Gasteiger partial charge is 0.206 e. The Morgan fingerprint density at radius 3 is 1.62 bits per heavy atom. The van der Waals surface area contributed by atoms with Crippen LogP contribution in [0.5, 0.6) is 0 Å². The number of hydrogen-bond acceptors (Lipinski definition) is 7. The predicted octanol–water partition coefficient (Wildman–Crippen LogP) is 5.21. The van der Waals surface area contributed by atoms with Gasteiger partial charge >= 0.3 is 0 Å². The highest BCUT2D eigenvalue weighted by molar-refractivity contribution is 8.10. The van der Waals surface area contributed by atoms with Gasteiger partial charge in [0.25, 0.3) is 0 Å². The fourth-order valence-corrected chi connectivity index (χ4v) is 7.95. The van der Waals surface area contributed by atoms with Gasteiger partial charge in [-0.3, -0.25) is 0 Å². The first-order valence-corrected chi connectivity index (χ1v) is 14.1. The summed E-state index contributed by atoms with van der Waals surface area (Å²) in [6, 6.07) is 28.1. The van der Waals surface area contributed by atoms with E-state index in [1.54, 1.807) is 54.7 Å². The summed E-state index contributed by atoms with van der Waals surface area (Å²) in [6.45, 7) is 0. The van der Waals surface area contributed by atoms with Gasteiger partial charge < -0.3 is 0 Å². The average Bonchev–Trinajstić information content (AvgIpc) is 2.87. The van der Waals surface area contributed by atoms with E-state index in [4.69, 9.17) is 0 Å². The molecule has 9 heteroatoms. The summed E-state index contributed by atoms with van der Waals surface area (Å²) >= 11 is 1.52. The monoisotopic (exact) mass is 508 g/mol. The minimum Gasteiger partial charge on any atom is -0.239 e. The van der Waals surface area contributed by atoms with E-state index in [9.17, 15) is 16.8 Å². The van der Waals surface area contributed by atoms with E-state index in [1.807, 2.05) is 30.3 Å². The molecule has 0 N–H and O–H groups in total. The predicted molar refractivity (Wildman–Crippen MR) is 134 cm³/mol. The van der Waals surface area contributed by atoms with E-state index in [-0.39, 0.29) is 15.6 Å². The van der Waals surface area contributed by atoms with Gasteiger partial charge in [-0.05, 0) is 48.5 Å². The van der Waals surface area contributed by atoms with Crippen molar-refractivity contribution in [3.05, 3.63) is 109 Å². The summed E-state index contributed by atoms with van der Waals surface area (Å²) in [6.07, 6.45) is 2.55. The van der Waals surface area contributed by atoms with E-state index in [0.29, 0.717) is 0 Å². The molecule has 6 nitrogen and oxygen atoms in total. The van der Waals surface area contributed by atoms with E-state index >= 15 is 0 Å². The highest BCUT2D eigenvalue weighted by atomic mass is 32.3. The second-order valence-electron chi connectivity index (χ2n) is 7.13. The molecule has 172 valence electrons. The van der Waals surface area contributed by atoms with Gasteiger partial charge in [-0.2, -0.15) is 0 Å². The maximum atomic E-state index is 13.3. The molecule has 0 radical (unpaired) electrons. The molecule has 0 unspecified atom stereocenters. The quantitative estimate of drug-likeness (QED) is 0.303. The summed E-state index contributed by atoms with van der Waals surface area (Å²) in [5.41, 5.74) is 0. The lowest BCUT2D eigenvalue weighted by Gasteiger charge is -2.15. The summed E-state index contributed by atoms with van der Waals surface area (Å²) in [4.78, 5) is 10.1. The molecule has 0 saturated heterocycles. The van der Waals surface area contributed by atoms with Crippen molar-refractivity contribution < 1.29 is 16.8 Å². The van der Waals surface area contributed by atoms with Crippen LogP contribution in [0.3, 0.4) is 0 Å². The van der Waals surface area contributed by atoms with Gasteiger partial charge in [0.05, 0.1) is 9.79 Å². The van der Waals surface area contributed by atoms with E-state index < -0.39 is 24.3 Å². The zero-order valence-corrected chi connectivity index (χ0v) is 20.2. The van der Waals surface area contributed by atoms with Gasteiger partial charge in [0.15, 0.2) is 5.82 Å². The minimum atomic E-state index is -4.30. The van der Waals surface area contributed by atoms with Crippen molar-refractivity contribution in [3.8, 4) is 0 Å². The zero-order chi connectivity index (χ0) is 24.0. The van der Waals surface area contributed by atoms with E-state index in [2.05, 4.69) is 9.98 Å². The van der Waals surface area contributed by atoms with Crippen molar-refractivity contribution in [2.45, 2.75) is 24.2 Å². The molecule has 0 aliphatic carbocycles. The molecule has 0 fully saturated rings. The molecule has 0 aliphatic heterocycles. The lowest BCUT2D eigenvalue weighted by molar-refractivity contribution is 0.584. The number of benzene rings is 3. The van der Waals surface area contributed by atoms with Crippen molar-refractivity contribution >= 4 is 43.5 Å². The summed E-state index contributed by atoms with van der Waals surface area (Å²) in [7, 11) is -8.59. The van der Waals surface area contributed by atoms with Crippen molar-refractivity contribution in [1.29, 1.82) is 0 Å². The number of pyridine rings is 1. The van der Waals surface area contributed by atoms with Gasteiger partial charge in [-0.1, -0.05) is 66.4 Å². The number of nitrogens with zero attached hydrogens (tertiary/aromatic N) is 2. The van der Waals surface area contributed by atoms with Crippen molar-refractivity contribution in [1.82, 2.24) is 4.98 Å². The zero-order valence-electron chi connectivity index (χ0n) is 17.8. The maximum Gasteiger partial charge on any atom is 0.206 e. The first-order valence-electron chi connectivity index (χ1n) is 10.2. The molecular weight excluding hydrogens is 488 g/mol. The Hall–Kier alpha value is -3.27. The Bertz CT molecular complexity index is 1410. The van der Waals surface area contributed by atoms with Gasteiger partial charge in [0, 0.05) is 22.2 Å². The second kappa shape index (κ2) is 10.3. The fraction of sp³-hybridized carbons (Fsp3) is 0.0400. The SMILES string of the molecule is O=S(=O)(c1ccccc1)C(C=Nc1ccc(Sc2ccccc2)cn1)S(=O)(=O)c1ccccc1. The summed E-state index contributed by atoms with van der Waals surface area (Å²) in [5.74, 6) is 0.203. The van der Waals surface area contributed by atoms with Crippen LogP contribution in [0.4, 0.5) is 5.82 Å². The van der Waals surface area contributed by atoms with Crippen LogP contribution in [0.2, 0.25) is 0 Å². The normalized spacial score (nSPS) is 12.3. The van der Waals surface area contributed by atoms with Crippen LogP contribution in [0.1, 0.15) is 0 Å². The molecule has 0 amide bonds. The molecule has 0 bridgehead atoms. The van der Waals surface area contributed by atoms with Crippen LogP contribution >= 0.6 is 11.8 Å². The molecule has 1 heterocycles. The third kappa shape index (κ3) is 5.44. The fourth-order valence-electron chi connectivity index (χ4n) is 3.09. The topological polar surface area (TPSA) is 93.5 Å². The number of aromatic nitrogens is 1. The lowest BCUT2D eigenvalue weighted by Crippen LogP contribution is -2.32. The summed E-state index contributed by atoms with van der Waals surface area (Å²) in [5, 5.41) is 0. The molecule has 0 atom stereocenters. The van der Waals surface area contributed by atoms with Crippen molar-refractivity contribution in [3.63, 3.8) is 0 Å². The number of rotatable bonds is 8. The third-order valence-electron chi connectivity index (χ3n) is 4.78. The Morgan fingerprint density at radius 2 is 1.15 bits per heavy atom. The van der Waals surface area contributed by atoms with Crippen molar-refractivity contribution in [2.24, 2.45) is 4.99 Å². The molecule has 1 aromatic heterocycles. The minimum absolute atomic E-state index is 0.103. The molecule has 0 spiro atoms. The van der Waals surface area contributed by atoms with Crippen LogP contribution in [-0.4, -0.2) is 32.6 Å². The van der Waals surface area contributed by atoms with Gasteiger partial charge in [-0.25, -0.2) is 26.8 Å². The first-order chi connectivity index (χ1) is 16.4. The van der Waals surface area contributed by atoms with Gasteiger partial charge in [0.1, 0.15) is 0 Å². The van der Waals surface area contributed by atoms with E-state index in [0.717, 1.165) is 16.0 Å². The molecule has 4 aromatic rings. The van der Waals surface area contributed by atoms with E-state index in [1.165, 1.54) is 36.0 Å². The van der Waals surface area contributed by atoms with Crippen LogP contribution in [0.15, 0.2) is 134 Å². The Balaban J connectivity index is 1.67. The molecule has 0 saturated carbocycles. The Kier molecular flexibility index (Phi) is 7.26. The maximum absolute atomic E-state index is 13.3. The highest BCUT2D eigenvalue weighted by Crippen LogP contribution is 2.28. The number of hydrogen-bond donors (Lipinski definition) is 0. The molecule has 4 rings (SSSR count). The number of sulfone groups is 2.